The highest BCUT2D eigenvalue weighted by Crippen LogP contribution is 2.26. The fourth-order valence-corrected chi connectivity index (χ4v) is 3.53. The highest BCUT2D eigenvalue weighted by Gasteiger charge is 2.22. The van der Waals surface area contributed by atoms with Gasteiger partial charge in [0, 0.05) is 29.5 Å². The molecule has 5 aromatic rings. The summed E-state index contributed by atoms with van der Waals surface area (Å²) in [6.07, 6.45) is 5.15. The Morgan fingerprint density at radius 2 is 1.84 bits per heavy atom. The maximum atomic E-state index is 13.3. The number of nitrogens with one attached hydrogen (secondary N) is 1. The molecule has 5 rings (SSSR count). The van der Waals surface area contributed by atoms with Crippen molar-refractivity contribution in [2.75, 3.05) is 0 Å². The van der Waals surface area contributed by atoms with E-state index < -0.39 is 0 Å². The van der Waals surface area contributed by atoms with Crippen LogP contribution >= 0.6 is 0 Å². The van der Waals surface area contributed by atoms with Crippen LogP contribution in [0.1, 0.15) is 29.1 Å². The third kappa shape index (κ3) is 3.71. The number of benzene rings is 2. The lowest BCUT2D eigenvalue weighted by Gasteiger charge is -2.11. The van der Waals surface area contributed by atoms with Gasteiger partial charge in [-0.3, -0.25) is 9.78 Å². The molecule has 2 aromatic carbocycles. The van der Waals surface area contributed by atoms with Gasteiger partial charge >= 0.3 is 0 Å². The number of carbonyl (C=O) groups is 1. The molecule has 0 aliphatic heterocycles. The van der Waals surface area contributed by atoms with E-state index in [0.717, 1.165) is 22.2 Å². The molecule has 0 saturated carbocycles. The molecule has 31 heavy (non-hydrogen) atoms. The summed E-state index contributed by atoms with van der Waals surface area (Å²) in [6.45, 7) is 1.90. The highest BCUT2D eigenvalue weighted by atomic mass is 16.3. The summed E-state index contributed by atoms with van der Waals surface area (Å²) in [4.78, 5) is 17.4. The van der Waals surface area contributed by atoms with Crippen molar-refractivity contribution in [3.05, 3.63) is 103 Å². The molecular formula is C25H20N4O2. The largest absolute Gasteiger partial charge is 0.459 e. The van der Waals surface area contributed by atoms with E-state index in [2.05, 4.69) is 15.4 Å². The average molecular weight is 408 g/mol. The third-order valence-electron chi connectivity index (χ3n) is 5.13. The molecule has 152 valence electrons. The van der Waals surface area contributed by atoms with E-state index in [4.69, 9.17) is 4.42 Å². The summed E-state index contributed by atoms with van der Waals surface area (Å²) in [5, 5.41) is 8.73. The van der Waals surface area contributed by atoms with Crippen molar-refractivity contribution in [3.63, 3.8) is 0 Å². The van der Waals surface area contributed by atoms with Crippen molar-refractivity contribution in [2.24, 2.45) is 0 Å². The predicted octanol–water partition coefficient (Wildman–Crippen LogP) is 5.17. The summed E-state index contributed by atoms with van der Waals surface area (Å²) >= 11 is 0. The van der Waals surface area contributed by atoms with Gasteiger partial charge in [0.25, 0.3) is 5.91 Å². The van der Waals surface area contributed by atoms with Gasteiger partial charge in [0.05, 0.1) is 17.3 Å². The predicted molar refractivity (Wildman–Crippen MR) is 119 cm³/mol. The van der Waals surface area contributed by atoms with E-state index in [1.165, 1.54) is 0 Å². The Morgan fingerprint density at radius 1 is 1.03 bits per heavy atom. The van der Waals surface area contributed by atoms with Gasteiger partial charge < -0.3 is 9.73 Å². The third-order valence-corrected chi connectivity index (χ3v) is 5.13. The lowest BCUT2D eigenvalue weighted by atomic mass is 10.1. The molecule has 3 heterocycles. The Labute approximate surface area is 179 Å². The number of carbonyl (C=O) groups excluding carboxylic acids is 1. The van der Waals surface area contributed by atoms with Crippen molar-refractivity contribution < 1.29 is 9.21 Å². The molecule has 0 fully saturated rings. The number of para-hydroxylation sites is 2. The zero-order chi connectivity index (χ0) is 21.2. The molecule has 0 spiro atoms. The Bertz CT molecular complexity index is 1310. The second-order valence-electron chi connectivity index (χ2n) is 7.29. The molecule has 1 atom stereocenters. The highest BCUT2D eigenvalue weighted by molar-refractivity contribution is 6.00. The molecule has 0 radical (unpaired) electrons. The fourth-order valence-electron chi connectivity index (χ4n) is 3.53. The van der Waals surface area contributed by atoms with Crippen LogP contribution in [0.2, 0.25) is 0 Å². The molecule has 0 aliphatic carbocycles. The van der Waals surface area contributed by atoms with Gasteiger partial charge in [-0.1, -0.05) is 36.4 Å². The fraction of sp³-hybridized carbons (Fsp3) is 0.0800. The summed E-state index contributed by atoms with van der Waals surface area (Å²) in [7, 11) is 0. The van der Waals surface area contributed by atoms with Crippen LogP contribution in [0.3, 0.4) is 0 Å². The maximum absolute atomic E-state index is 13.3. The molecule has 1 unspecified atom stereocenters. The van der Waals surface area contributed by atoms with Gasteiger partial charge in [0.2, 0.25) is 0 Å². The first kappa shape index (κ1) is 18.8. The molecule has 1 N–H and O–H groups in total. The number of furan rings is 1. The van der Waals surface area contributed by atoms with Crippen LogP contribution in [0.4, 0.5) is 0 Å². The van der Waals surface area contributed by atoms with Gasteiger partial charge in [0.1, 0.15) is 17.0 Å². The number of hydrogen-bond acceptors (Lipinski definition) is 4. The topological polar surface area (TPSA) is 73.0 Å². The normalized spacial score (nSPS) is 12.0. The second-order valence-corrected chi connectivity index (χ2v) is 7.29. The molecule has 0 aliphatic rings. The number of amides is 1. The van der Waals surface area contributed by atoms with E-state index in [9.17, 15) is 4.79 Å². The van der Waals surface area contributed by atoms with Crippen molar-refractivity contribution in [1.29, 1.82) is 0 Å². The van der Waals surface area contributed by atoms with Crippen molar-refractivity contribution >= 4 is 16.9 Å². The van der Waals surface area contributed by atoms with Crippen LogP contribution in [0.25, 0.3) is 27.9 Å². The summed E-state index contributed by atoms with van der Waals surface area (Å²) < 4.78 is 7.62. The minimum atomic E-state index is -0.304. The summed E-state index contributed by atoms with van der Waals surface area (Å²) in [5.41, 5.74) is 3.49. The number of fused-ring (bicyclic) bond motifs is 1. The number of rotatable bonds is 5. The Morgan fingerprint density at radius 3 is 2.61 bits per heavy atom. The minimum Gasteiger partial charge on any atom is -0.459 e. The Balaban J connectivity index is 1.49. The first-order chi connectivity index (χ1) is 15.2. The first-order valence-corrected chi connectivity index (χ1v) is 10.0. The summed E-state index contributed by atoms with van der Waals surface area (Å²) in [6, 6.07) is 22.9. The quantitative estimate of drug-likeness (QED) is 0.435. The number of aromatic nitrogens is 3. The van der Waals surface area contributed by atoms with Crippen molar-refractivity contribution in [3.8, 4) is 16.9 Å². The molecule has 6 nitrogen and oxygen atoms in total. The van der Waals surface area contributed by atoms with E-state index in [-0.39, 0.29) is 11.9 Å². The zero-order valence-electron chi connectivity index (χ0n) is 16.9. The van der Waals surface area contributed by atoms with Crippen LogP contribution in [-0.2, 0) is 0 Å². The standard InChI is InChI=1S/C25H20N4O2/c1-17(23-14-18-8-5-6-12-22(18)31-23)27-25(30)21-16-29(20-10-3-2-4-11-20)28-24(21)19-9-7-13-26-15-19/h2-17H,1H3,(H,27,30). The first-order valence-electron chi connectivity index (χ1n) is 10.0. The van der Waals surface area contributed by atoms with E-state index in [0.29, 0.717) is 17.0 Å². The number of nitrogens with zero attached hydrogens (tertiary/aromatic N) is 3. The van der Waals surface area contributed by atoms with Crippen molar-refractivity contribution in [1.82, 2.24) is 20.1 Å². The zero-order valence-corrected chi connectivity index (χ0v) is 16.9. The Kier molecular flexibility index (Phi) is 4.80. The molecule has 1 amide bonds. The molecular weight excluding hydrogens is 388 g/mol. The lowest BCUT2D eigenvalue weighted by molar-refractivity contribution is 0.0936. The minimum absolute atomic E-state index is 0.228. The number of hydrogen-bond donors (Lipinski definition) is 1. The van der Waals surface area contributed by atoms with Gasteiger partial charge in [-0.2, -0.15) is 5.10 Å². The lowest BCUT2D eigenvalue weighted by Crippen LogP contribution is -2.26. The van der Waals surface area contributed by atoms with Crippen LogP contribution in [0, 0.1) is 0 Å². The van der Waals surface area contributed by atoms with E-state index >= 15 is 0 Å². The smallest absolute Gasteiger partial charge is 0.255 e. The summed E-state index contributed by atoms with van der Waals surface area (Å²) in [5.74, 6) is 0.474. The number of pyridine rings is 1. The van der Waals surface area contributed by atoms with Crippen LogP contribution in [-0.4, -0.2) is 20.7 Å². The molecule has 0 bridgehead atoms. The second kappa shape index (κ2) is 7.91. The van der Waals surface area contributed by atoms with Gasteiger partial charge in [-0.05, 0) is 43.3 Å². The molecule has 6 heteroatoms. The monoisotopic (exact) mass is 408 g/mol. The van der Waals surface area contributed by atoms with E-state index in [1.54, 1.807) is 23.3 Å². The Hall–Kier alpha value is -4.19. The van der Waals surface area contributed by atoms with Gasteiger partial charge in [-0.25, -0.2) is 4.68 Å². The van der Waals surface area contributed by atoms with E-state index in [1.807, 2.05) is 79.7 Å². The van der Waals surface area contributed by atoms with Gasteiger partial charge in [0.15, 0.2) is 0 Å². The van der Waals surface area contributed by atoms with Crippen LogP contribution in [0.15, 0.2) is 95.8 Å². The molecule has 0 saturated heterocycles. The average Bonchev–Trinajstić information content (AvgIpc) is 3.45. The van der Waals surface area contributed by atoms with Crippen molar-refractivity contribution in [2.45, 2.75) is 13.0 Å². The maximum Gasteiger partial charge on any atom is 0.255 e. The van der Waals surface area contributed by atoms with Crippen LogP contribution < -0.4 is 5.32 Å². The van der Waals surface area contributed by atoms with Crippen LogP contribution in [0.5, 0.6) is 0 Å². The SMILES string of the molecule is CC(NC(=O)c1cn(-c2ccccc2)nc1-c1cccnc1)c1cc2ccccc2o1. The molecule has 3 aromatic heterocycles. The van der Waals surface area contributed by atoms with Gasteiger partial charge in [-0.15, -0.1) is 0 Å².